The highest BCUT2D eigenvalue weighted by atomic mass is 16.5. The van der Waals surface area contributed by atoms with Crippen LogP contribution in [0, 0.1) is 12.8 Å². The van der Waals surface area contributed by atoms with E-state index in [-0.39, 0.29) is 17.9 Å². The molecule has 1 aliphatic rings. The van der Waals surface area contributed by atoms with E-state index in [4.69, 9.17) is 9.26 Å². The molecule has 130 valence electrons. The fraction of sp³-hybridized carbons (Fsp3) is 0.412. The molecule has 4 rings (SSSR count). The Labute approximate surface area is 143 Å². The van der Waals surface area contributed by atoms with Crippen LogP contribution in [0.2, 0.25) is 0 Å². The Hall–Kier alpha value is -2.74. The predicted octanol–water partition coefficient (Wildman–Crippen LogP) is 2.15. The van der Waals surface area contributed by atoms with E-state index in [0.29, 0.717) is 30.6 Å². The van der Waals surface area contributed by atoms with E-state index in [0.717, 1.165) is 23.7 Å². The Morgan fingerprint density at radius 2 is 2.12 bits per heavy atom. The van der Waals surface area contributed by atoms with Crippen LogP contribution in [0.15, 0.2) is 28.8 Å². The normalized spacial score (nSPS) is 16.8. The molecule has 3 aromatic rings. The molecule has 1 atom stereocenters. The maximum absolute atomic E-state index is 12.8. The summed E-state index contributed by atoms with van der Waals surface area (Å²) in [6, 6.07) is 7.18. The number of nitrogens with zero attached hydrogens (tertiary/aromatic N) is 3. The average molecular weight is 341 g/mol. The number of aromatic nitrogens is 4. The van der Waals surface area contributed by atoms with Gasteiger partial charge in [0.25, 0.3) is 5.91 Å². The molecule has 3 heterocycles. The van der Waals surface area contributed by atoms with Gasteiger partial charge in [0.1, 0.15) is 6.04 Å². The molecule has 0 spiro atoms. The lowest BCUT2D eigenvalue weighted by Crippen LogP contribution is -2.36. The number of hydrogen-bond donors (Lipinski definition) is 2. The zero-order valence-corrected chi connectivity index (χ0v) is 13.9. The van der Waals surface area contributed by atoms with Gasteiger partial charge >= 0.3 is 0 Å². The van der Waals surface area contributed by atoms with E-state index in [1.54, 1.807) is 6.92 Å². The van der Waals surface area contributed by atoms with Crippen molar-refractivity contribution < 1.29 is 14.1 Å². The lowest BCUT2D eigenvalue weighted by Gasteiger charge is -2.28. The first-order chi connectivity index (χ1) is 12.2. The van der Waals surface area contributed by atoms with Crippen LogP contribution in [-0.4, -0.2) is 39.5 Å². The highest BCUT2D eigenvalue weighted by Gasteiger charge is 2.32. The molecule has 0 unspecified atom stereocenters. The van der Waals surface area contributed by atoms with Gasteiger partial charge in [-0.3, -0.25) is 9.89 Å². The zero-order chi connectivity index (χ0) is 17.2. The molecule has 0 aliphatic carbocycles. The fourth-order valence-corrected chi connectivity index (χ4v) is 3.22. The second-order valence-electron chi connectivity index (χ2n) is 6.20. The Balaban J connectivity index is 1.62. The maximum atomic E-state index is 12.8. The average Bonchev–Trinajstić information content (AvgIpc) is 3.26. The van der Waals surface area contributed by atoms with Crippen molar-refractivity contribution in [2.75, 3.05) is 13.2 Å². The van der Waals surface area contributed by atoms with Crippen LogP contribution in [0.1, 0.15) is 41.1 Å². The summed E-state index contributed by atoms with van der Waals surface area (Å²) in [7, 11) is 0. The second kappa shape index (κ2) is 6.64. The van der Waals surface area contributed by atoms with Crippen molar-refractivity contribution in [2.45, 2.75) is 25.8 Å². The van der Waals surface area contributed by atoms with Gasteiger partial charge < -0.3 is 14.6 Å². The van der Waals surface area contributed by atoms with Crippen LogP contribution in [-0.2, 0) is 4.74 Å². The number of rotatable bonds is 4. The van der Waals surface area contributed by atoms with E-state index < -0.39 is 0 Å². The number of aromatic amines is 1. The SMILES string of the molecule is Cc1noc([C@H](NC(=O)c2n[nH]c3ccccc23)C2CCOCC2)n1. The highest BCUT2D eigenvalue weighted by Crippen LogP contribution is 2.30. The Kier molecular flexibility index (Phi) is 4.19. The minimum Gasteiger partial charge on any atom is -0.381 e. The smallest absolute Gasteiger partial charge is 0.273 e. The molecule has 8 heteroatoms. The lowest BCUT2D eigenvalue weighted by molar-refractivity contribution is 0.0467. The van der Waals surface area contributed by atoms with Gasteiger partial charge in [-0.2, -0.15) is 10.1 Å². The van der Waals surface area contributed by atoms with E-state index in [9.17, 15) is 4.79 Å². The van der Waals surface area contributed by atoms with Crippen molar-refractivity contribution in [1.29, 1.82) is 0 Å². The molecule has 0 saturated carbocycles. The van der Waals surface area contributed by atoms with E-state index >= 15 is 0 Å². The summed E-state index contributed by atoms with van der Waals surface area (Å²) in [4.78, 5) is 17.2. The summed E-state index contributed by atoms with van der Waals surface area (Å²) in [6.07, 6.45) is 1.65. The van der Waals surface area contributed by atoms with Gasteiger partial charge in [0.15, 0.2) is 11.5 Å². The predicted molar refractivity (Wildman–Crippen MR) is 88.9 cm³/mol. The first-order valence-electron chi connectivity index (χ1n) is 8.34. The summed E-state index contributed by atoms with van der Waals surface area (Å²) in [5.74, 6) is 0.900. The number of H-pyrrole nitrogens is 1. The number of benzene rings is 1. The van der Waals surface area contributed by atoms with Crippen molar-refractivity contribution >= 4 is 16.8 Å². The molecular weight excluding hydrogens is 322 g/mol. The number of carbonyl (C=O) groups is 1. The van der Waals surface area contributed by atoms with Gasteiger partial charge in [0, 0.05) is 18.6 Å². The largest absolute Gasteiger partial charge is 0.381 e. The number of hydrogen-bond acceptors (Lipinski definition) is 6. The van der Waals surface area contributed by atoms with Gasteiger partial charge in [-0.25, -0.2) is 0 Å². The van der Waals surface area contributed by atoms with Crippen LogP contribution in [0.4, 0.5) is 0 Å². The molecule has 8 nitrogen and oxygen atoms in total. The molecular formula is C17H19N5O3. The number of carbonyl (C=O) groups excluding carboxylic acids is 1. The van der Waals surface area contributed by atoms with E-state index in [1.807, 2.05) is 24.3 Å². The van der Waals surface area contributed by atoms with Crippen LogP contribution in [0.25, 0.3) is 10.9 Å². The van der Waals surface area contributed by atoms with Gasteiger partial charge in [0.2, 0.25) is 5.89 Å². The molecule has 1 aliphatic heterocycles. The van der Waals surface area contributed by atoms with Crippen LogP contribution < -0.4 is 5.32 Å². The first-order valence-corrected chi connectivity index (χ1v) is 8.34. The molecule has 2 N–H and O–H groups in total. The quantitative estimate of drug-likeness (QED) is 0.753. The third kappa shape index (κ3) is 3.12. The summed E-state index contributed by atoms with van der Waals surface area (Å²) in [5.41, 5.74) is 1.19. The van der Waals surface area contributed by atoms with Crippen LogP contribution >= 0.6 is 0 Å². The number of nitrogens with one attached hydrogen (secondary N) is 2. The van der Waals surface area contributed by atoms with Crippen LogP contribution in [0.5, 0.6) is 0 Å². The lowest BCUT2D eigenvalue weighted by atomic mass is 9.91. The molecule has 2 aromatic heterocycles. The molecule has 1 amide bonds. The summed E-state index contributed by atoms with van der Waals surface area (Å²) in [6.45, 7) is 3.09. The van der Waals surface area contributed by atoms with Crippen molar-refractivity contribution in [1.82, 2.24) is 25.7 Å². The Morgan fingerprint density at radius 1 is 1.32 bits per heavy atom. The van der Waals surface area contributed by atoms with Crippen molar-refractivity contribution in [3.8, 4) is 0 Å². The van der Waals surface area contributed by atoms with Gasteiger partial charge in [-0.1, -0.05) is 23.4 Å². The first kappa shape index (κ1) is 15.8. The zero-order valence-electron chi connectivity index (χ0n) is 13.9. The highest BCUT2D eigenvalue weighted by molar-refractivity contribution is 6.04. The number of para-hydroxylation sites is 1. The third-order valence-corrected chi connectivity index (χ3v) is 4.52. The van der Waals surface area contributed by atoms with Gasteiger partial charge in [-0.05, 0) is 31.7 Å². The van der Waals surface area contributed by atoms with Crippen LogP contribution in [0.3, 0.4) is 0 Å². The Bertz CT molecular complexity index is 881. The van der Waals surface area contributed by atoms with Crippen molar-refractivity contribution in [3.05, 3.63) is 41.7 Å². The second-order valence-corrected chi connectivity index (χ2v) is 6.20. The monoisotopic (exact) mass is 341 g/mol. The van der Waals surface area contributed by atoms with Crippen molar-refractivity contribution in [2.24, 2.45) is 5.92 Å². The maximum Gasteiger partial charge on any atom is 0.273 e. The number of aryl methyl sites for hydroxylation is 1. The van der Waals surface area contributed by atoms with Crippen molar-refractivity contribution in [3.63, 3.8) is 0 Å². The number of fused-ring (bicyclic) bond motifs is 1. The summed E-state index contributed by atoms with van der Waals surface area (Å²) >= 11 is 0. The number of amides is 1. The fourth-order valence-electron chi connectivity index (χ4n) is 3.22. The van der Waals surface area contributed by atoms with E-state index in [1.165, 1.54) is 0 Å². The minimum absolute atomic E-state index is 0.183. The molecule has 1 fully saturated rings. The third-order valence-electron chi connectivity index (χ3n) is 4.52. The van der Waals surface area contributed by atoms with E-state index in [2.05, 4.69) is 25.7 Å². The summed E-state index contributed by atoms with van der Waals surface area (Å²) in [5, 5.41) is 14.7. The molecule has 1 aromatic carbocycles. The molecule has 0 radical (unpaired) electrons. The summed E-state index contributed by atoms with van der Waals surface area (Å²) < 4.78 is 10.8. The molecule has 0 bridgehead atoms. The molecule has 1 saturated heterocycles. The standard InChI is InChI=1S/C17H19N5O3/c1-10-18-17(25-22-10)14(11-6-8-24-9-7-11)19-16(23)15-12-4-2-3-5-13(12)20-21-15/h2-5,11,14H,6-9H2,1H3,(H,19,23)(H,20,21)/t14-/m1/s1. The topological polar surface area (TPSA) is 106 Å². The Morgan fingerprint density at radius 3 is 2.88 bits per heavy atom. The van der Waals surface area contributed by atoms with Gasteiger partial charge in [-0.15, -0.1) is 0 Å². The number of ether oxygens (including phenoxy) is 1. The minimum atomic E-state index is -0.354. The van der Waals surface area contributed by atoms with Gasteiger partial charge in [0.05, 0.1) is 5.52 Å². The molecule has 25 heavy (non-hydrogen) atoms.